The average Bonchev–Trinajstić information content (AvgIpc) is 2.19. The molecule has 1 aliphatic carbocycles. The number of nitrogens with one attached hydrogen (secondary N) is 1. The summed E-state index contributed by atoms with van der Waals surface area (Å²) in [5, 5.41) is 4.54. The zero-order valence-electron chi connectivity index (χ0n) is 10.4. The van der Waals surface area contributed by atoms with E-state index in [1.54, 1.807) is 0 Å². The lowest BCUT2D eigenvalue weighted by molar-refractivity contribution is 0.368. The van der Waals surface area contributed by atoms with Crippen LogP contribution in [-0.2, 0) is 0 Å². The molecule has 1 unspecified atom stereocenters. The van der Waals surface area contributed by atoms with Crippen LogP contribution in [0.5, 0.6) is 0 Å². The molecule has 14 heavy (non-hydrogen) atoms. The van der Waals surface area contributed by atoms with Gasteiger partial charge in [0.1, 0.15) is 0 Å². The first kappa shape index (κ1) is 11.5. The Morgan fingerprint density at radius 1 is 1.36 bits per heavy atom. The van der Waals surface area contributed by atoms with Crippen molar-refractivity contribution < 1.29 is 0 Å². The highest BCUT2D eigenvalue weighted by Gasteiger charge is 2.33. The Kier molecular flexibility index (Phi) is 2.93. The monoisotopic (exact) mass is 196 g/mol. The van der Waals surface area contributed by atoms with E-state index in [4.69, 9.17) is 0 Å². The fourth-order valence-electron chi connectivity index (χ4n) is 2.07. The molecule has 2 nitrogen and oxygen atoms in total. The molecule has 0 saturated heterocycles. The summed E-state index contributed by atoms with van der Waals surface area (Å²) in [6.07, 6.45) is 2.40. The Hall–Kier alpha value is -0.530. The van der Waals surface area contributed by atoms with Crippen LogP contribution in [0.1, 0.15) is 54.4 Å². The van der Waals surface area contributed by atoms with Crippen molar-refractivity contribution in [2.75, 3.05) is 0 Å². The largest absolute Gasteiger partial charge is 0.305 e. The zero-order chi connectivity index (χ0) is 11.0. The van der Waals surface area contributed by atoms with Gasteiger partial charge in [-0.3, -0.25) is 0 Å². The summed E-state index contributed by atoms with van der Waals surface area (Å²) in [7, 11) is 0. The van der Waals surface area contributed by atoms with E-state index in [1.165, 1.54) is 12.1 Å². The fourth-order valence-corrected chi connectivity index (χ4v) is 2.07. The van der Waals surface area contributed by atoms with Gasteiger partial charge in [0.2, 0.25) is 0 Å². The number of rotatable bonds is 1. The summed E-state index contributed by atoms with van der Waals surface area (Å²) >= 11 is 0. The highest BCUT2D eigenvalue weighted by Crippen LogP contribution is 2.38. The van der Waals surface area contributed by atoms with Gasteiger partial charge in [-0.2, -0.15) is 5.10 Å². The van der Waals surface area contributed by atoms with Crippen LogP contribution >= 0.6 is 0 Å². The first-order valence-corrected chi connectivity index (χ1v) is 5.53. The Morgan fingerprint density at radius 2 is 1.93 bits per heavy atom. The second kappa shape index (κ2) is 3.56. The Morgan fingerprint density at radius 3 is 2.29 bits per heavy atom. The summed E-state index contributed by atoms with van der Waals surface area (Å²) in [6, 6.07) is 0. The summed E-state index contributed by atoms with van der Waals surface area (Å²) in [5.41, 5.74) is 5.08. The van der Waals surface area contributed by atoms with Crippen LogP contribution < -0.4 is 5.43 Å². The minimum Gasteiger partial charge on any atom is -0.305 e. The summed E-state index contributed by atoms with van der Waals surface area (Å²) in [5.74, 6) is 0.639. The predicted molar refractivity (Wildman–Crippen MR) is 62.5 cm³/mol. The molecule has 0 aromatic rings. The molecule has 1 fully saturated rings. The molecule has 0 bridgehead atoms. The van der Waals surface area contributed by atoms with Gasteiger partial charge < -0.3 is 5.43 Å². The van der Waals surface area contributed by atoms with E-state index in [-0.39, 0.29) is 5.54 Å². The molecule has 82 valence electrons. The lowest BCUT2D eigenvalue weighted by atomic mass is 9.91. The van der Waals surface area contributed by atoms with E-state index in [0.717, 1.165) is 6.42 Å². The minimum atomic E-state index is 0.0828. The highest BCUT2D eigenvalue weighted by molar-refractivity contribution is 5.89. The van der Waals surface area contributed by atoms with Crippen molar-refractivity contribution in [3.05, 3.63) is 0 Å². The maximum Gasteiger partial charge on any atom is 0.0464 e. The minimum absolute atomic E-state index is 0.0828. The van der Waals surface area contributed by atoms with Gasteiger partial charge >= 0.3 is 0 Å². The summed E-state index contributed by atoms with van der Waals surface area (Å²) < 4.78 is 0. The van der Waals surface area contributed by atoms with Crippen molar-refractivity contribution >= 4 is 5.71 Å². The van der Waals surface area contributed by atoms with E-state index in [2.05, 4.69) is 52.1 Å². The normalized spacial score (nSPS) is 29.6. The van der Waals surface area contributed by atoms with Gasteiger partial charge in [-0.05, 0) is 44.9 Å². The Bertz CT molecular complexity index is 233. The second-order valence-electron chi connectivity index (χ2n) is 6.41. The third-order valence-electron chi connectivity index (χ3n) is 2.62. The third-order valence-corrected chi connectivity index (χ3v) is 2.62. The lowest BCUT2D eigenvalue weighted by Gasteiger charge is -2.19. The maximum absolute atomic E-state index is 4.54. The molecule has 0 spiro atoms. The summed E-state index contributed by atoms with van der Waals surface area (Å²) in [4.78, 5) is 0. The smallest absolute Gasteiger partial charge is 0.0464 e. The molecule has 0 radical (unpaired) electrons. The number of hydrazone groups is 1. The standard InChI is InChI=1S/C12H24N2/c1-9-7-12(5,6)8-10(9)13-14-11(2,3)4/h9,14H,7-8H2,1-6H3. The molecule has 0 aromatic heterocycles. The molecule has 0 aromatic carbocycles. The van der Waals surface area contributed by atoms with Crippen LogP contribution in [0.3, 0.4) is 0 Å². The highest BCUT2D eigenvalue weighted by atomic mass is 15.3. The molecule has 1 saturated carbocycles. The van der Waals surface area contributed by atoms with Gasteiger partial charge in [0.15, 0.2) is 0 Å². The molecule has 1 rings (SSSR count). The third kappa shape index (κ3) is 3.32. The maximum atomic E-state index is 4.54. The Labute approximate surface area is 88.2 Å². The molecule has 0 amide bonds. The van der Waals surface area contributed by atoms with Crippen molar-refractivity contribution in [1.82, 2.24) is 5.43 Å². The van der Waals surface area contributed by atoms with Crippen LogP contribution in [0.15, 0.2) is 5.10 Å². The first-order chi connectivity index (χ1) is 6.20. The van der Waals surface area contributed by atoms with Gasteiger partial charge in [-0.25, -0.2) is 0 Å². The van der Waals surface area contributed by atoms with Crippen LogP contribution in [0.4, 0.5) is 0 Å². The van der Waals surface area contributed by atoms with Crippen LogP contribution in [0, 0.1) is 11.3 Å². The van der Waals surface area contributed by atoms with Crippen molar-refractivity contribution in [2.45, 2.75) is 59.9 Å². The molecule has 1 N–H and O–H groups in total. The van der Waals surface area contributed by atoms with Crippen molar-refractivity contribution in [3.8, 4) is 0 Å². The number of nitrogens with zero attached hydrogens (tertiary/aromatic N) is 1. The van der Waals surface area contributed by atoms with Crippen molar-refractivity contribution in [1.29, 1.82) is 0 Å². The van der Waals surface area contributed by atoms with Gasteiger partial charge in [0.05, 0.1) is 0 Å². The lowest BCUT2D eigenvalue weighted by Crippen LogP contribution is -2.32. The van der Waals surface area contributed by atoms with E-state index in [9.17, 15) is 0 Å². The van der Waals surface area contributed by atoms with E-state index >= 15 is 0 Å². The van der Waals surface area contributed by atoms with Gasteiger partial charge in [-0.15, -0.1) is 0 Å². The first-order valence-electron chi connectivity index (χ1n) is 5.53. The van der Waals surface area contributed by atoms with Gasteiger partial charge in [-0.1, -0.05) is 20.8 Å². The van der Waals surface area contributed by atoms with Crippen LogP contribution in [0.2, 0.25) is 0 Å². The predicted octanol–water partition coefficient (Wildman–Crippen LogP) is 3.19. The van der Waals surface area contributed by atoms with Crippen LogP contribution in [0.25, 0.3) is 0 Å². The quantitative estimate of drug-likeness (QED) is 0.640. The number of hydrogen-bond donors (Lipinski definition) is 1. The molecular formula is C12H24N2. The molecule has 1 aliphatic rings. The molecular weight excluding hydrogens is 172 g/mol. The van der Waals surface area contributed by atoms with Gasteiger partial charge in [0, 0.05) is 11.3 Å². The molecule has 0 aliphatic heterocycles. The molecule has 2 heteroatoms. The Balaban J connectivity index is 2.62. The van der Waals surface area contributed by atoms with E-state index in [0.29, 0.717) is 11.3 Å². The van der Waals surface area contributed by atoms with Crippen LogP contribution in [-0.4, -0.2) is 11.3 Å². The van der Waals surface area contributed by atoms with E-state index in [1.807, 2.05) is 0 Å². The summed E-state index contributed by atoms with van der Waals surface area (Å²) in [6.45, 7) is 13.3. The average molecular weight is 196 g/mol. The van der Waals surface area contributed by atoms with Crippen molar-refractivity contribution in [2.24, 2.45) is 16.4 Å². The van der Waals surface area contributed by atoms with E-state index < -0.39 is 0 Å². The topological polar surface area (TPSA) is 24.4 Å². The molecule has 0 heterocycles. The zero-order valence-corrected chi connectivity index (χ0v) is 10.4. The van der Waals surface area contributed by atoms with Crippen molar-refractivity contribution in [3.63, 3.8) is 0 Å². The molecule has 1 atom stereocenters. The number of hydrogen-bond acceptors (Lipinski definition) is 2. The fraction of sp³-hybridized carbons (Fsp3) is 0.917. The SMILES string of the molecule is CC1CC(C)(C)CC1=NNC(C)(C)C. The second-order valence-corrected chi connectivity index (χ2v) is 6.41. The van der Waals surface area contributed by atoms with Gasteiger partial charge in [0.25, 0.3) is 0 Å².